The van der Waals surface area contributed by atoms with Gasteiger partial charge in [-0.3, -0.25) is 0 Å². The van der Waals surface area contributed by atoms with Crippen molar-refractivity contribution in [2.24, 2.45) is 0 Å². The average molecular weight is 337 g/mol. The molecule has 3 aromatic rings. The lowest BCUT2D eigenvalue weighted by Crippen LogP contribution is -2.45. The van der Waals surface area contributed by atoms with Crippen molar-refractivity contribution in [3.8, 4) is 0 Å². The molecule has 2 aromatic heterocycles. The van der Waals surface area contributed by atoms with Gasteiger partial charge in [0.15, 0.2) is 5.82 Å². The Morgan fingerprint density at radius 3 is 2.71 bits per heavy atom. The smallest absolute Gasteiger partial charge is 0.370 e. The lowest BCUT2D eigenvalue weighted by Gasteiger charge is -2.30. The summed E-state index contributed by atoms with van der Waals surface area (Å²) in [6.07, 6.45) is 0.581. The molecule has 24 heavy (non-hydrogen) atoms. The van der Waals surface area contributed by atoms with E-state index < -0.39 is 17.6 Å². The molecule has 1 unspecified atom stereocenters. The summed E-state index contributed by atoms with van der Waals surface area (Å²) < 4.78 is 43.2. The first-order chi connectivity index (χ1) is 11.4. The maximum atomic E-state index is 13.9. The number of hydrogen-bond donors (Lipinski definition) is 2. The summed E-state index contributed by atoms with van der Waals surface area (Å²) in [6.45, 7) is 2.32. The SMILES string of the molecule is CCCCn1ccnc1C(O)(c1c[nH]c2ccccc12)C(F)(F)F. The molecular weight excluding hydrogens is 319 g/mol. The number of aliphatic hydroxyl groups is 1. The van der Waals surface area contributed by atoms with Crippen molar-refractivity contribution >= 4 is 10.9 Å². The Kier molecular flexibility index (Phi) is 4.13. The molecule has 0 spiro atoms. The summed E-state index contributed by atoms with van der Waals surface area (Å²) in [6, 6.07) is 6.58. The Hall–Kier alpha value is -2.28. The second-order valence-electron chi connectivity index (χ2n) is 5.75. The molecule has 128 valence electrons. The second kappa shape index (κ2) is 5.98. The van der Waals surface area contributed by atoms with Crippen LogP contribution in [0.4, 0.5) is 13.2 Å². The number of H-pyrrole nitrogens is 1. The monoisotopic (exact) mass is 337 g/mol. The van der Waals surface area contributed by atoms with Crippen molar-refractivity contribution in [3.63, 3.8) is 0 Å². The van der Waals surface area contributed by atoms with Gasteiger partial charge in [-0.05, 0) is 12.5 Å². The van der Waals surface area contributed by atoms with Gasteiger partial charge in [-0.1, -0.05) is 31.5 Å². The predicted octanol–water partition coefficient (Wildman–Crippen LogP) is 3.96. The summed E-state index contributed by atoms with van der Waals surface area (Å²) in [7, 11) is 0. The molecule has 0 aliphatic heterocycles. The molecule has 2 heterocycles. The third-order valence-corrected chi connectivity index (χ3v) is 4.18. The molecule has 0 saturated heterocycles. The number of halogens is 3. The second-order valence-corrected chi connectivity index (χ2v) is 5.75. The lowest BCUT2D eigenvalue weighted by atomic mass is 9.91. The van der Waals surface area contributed by atoms with Crippen LogP contribution in [0.1, 0.15) is 31.2 Å². The van der Waals surface area contributed by atoms with Crippen LogP contribution in [-0.4, -0.2) is 25.8 Å². The molecule has 3 rings (SSSR count). The molecule has 0 fully saturated rings. The molecule has 0 aliphatic rings. The number of nitrogens with one attached hydrogen (secondary N) is 1. The summed E-state index contributed by atoms with van der Waals surface area (Å²) in [4.78, 5) is 6.64. The van der Waals surface area contributed by atoms with Crippen LogP contribution in [0.3, 0.4) is 0 Å². The van der Waals surface area contributed by atoms with Crippen molar-refractivity contribution < 1.29 is 18.3 Å². The van der Waals surface area contributed by atoms with E-state index in [0.29, 0.717) is 23.9 Å². The van der Waals surface area contributed by atoms with Crippen molar-refractivity contribution in [2.45, 2.75) is 38.1 Å². The highest BCUT2D eigenvalue weighted by Crippen LogP contribution is 2.45. The Labute approximate surface area is 136 Å². The fraction of sp³-hybridized carbons (Fsp3) is 0.353. The van der Waals surface area contributed by atoms with Crippen molar-refractivity contribution in [1.82, 2.24) is 14.5 Å². The number of aromatic amines is 1. The number of para-hydroxylation sites is 1. The summed E-state index contributed by atoms with van der Waals surface area (Å²) in [5.74, 6) is -0.409. The molecule has 7 heteroatoms. The van der Waals surface area contributed by atoms with E-state index in [1.807, 2.05) is 6.92 Å². The molecule has 0 bridgehead atoms. The topological polar surface area (TPSA) is 53.8 Å². The minimum Gasteiger partial charge on any atom is -0.370 e. The zero-order valence-corrected chi connectivity index (χ0v) is 13.1. The highest BCUT2D eigenvalue weighted by molar-refractivity contribution is 5.84. The number of imidazole rings is 1. The van der Waals surface area contributed by atoms with Gasteiger partial charge in [-0.15, -0.1) is 0 Å². The van der Waals surface area contributed by atoms with E-state index in [1.165, 1.54) is 23.2 Å². The Morgan fingerprint density at radius 1 is 1.25 bits per heavy atom. The summed E-state index contributed by atoms with van der Waals surface area (Å²) in [5.41, 5.74) is -2.89. The highest BCUT2D eigenvalue weighted by Gasteiger charge is 2.60. The molecule has 0 amide bonds. The van der Waals surface area contributed by atoms with E-state index >= 15 is 0 Å². The third kappa shape index (κ3) is 2.49. The van der Waals surface area contributed by atoms with Crippen LogP contribution in [-0.2, 0) is 12.1 Å². The molecule has 1 atom stereocenters. The Bertz CT molecular complexity index is 837. The molecule has 0 radical (unpaired) electrons. The molecule has 0 saturated carbocycles. The van der Waals surface area contributed by atoms with Gasteiger partial charge in [-0.25, -0.2) is 4.98 Å². The van der Waals surface area contributed by atoms with E-state index in [2.05, 4.69) is 9.97 Å². The van der Waals surface area contributed by atoms with Gasteiger partial charge < -0.3 is 14.7 Å². The van der Waals surface area contributed by atoms with Crippen LogP contribution in [0.5, 0.6) is 0 Å². The first kappa shape index (κ1) is 16.6. The van der Waals surface area contributed by atoms with Gasteiger partial charge in [0.25, 0.3) is 0 Å². The fourth-order valence-corrected chi connectivity index (χ4v) is 2.91. The minimum atomic E-state index is -4.91. The number of benzene rings is 1. The van der Waals surface area contributed by atoms with Crippen LogP contribution in [0.2, 0.25) is 0 Å². The molecule has 1 aromatic carbocycles. The first-order valence-corrected chi connectivity index (χ1v) is 7.77. The van der Waals surface area contributed by atoms with Crippen LogP contribution >= 0.6 is 0 Å². The van der Waals surface area contributed by atoms with Gasteiger partial charge in [0.05, 0.1) is 0 Å². The van der Waals surface area contributed by atoms with Crippen LogP contribution < -0.4 is 0 Å². The number of alkyl halides is 3. The average Bonchev–Trinajstić information content (AvgIpc) is 3.18. The van der Waals surface area contributed by atoms with Gasteiger partial charge in [0.2, 0.25) is 5.60 Å². The summed E-state index contributed by atoms with van der Waals surface area (Å²) in [5, 5.41) is 11.1. The molecule has 4 nitrogen and oxygen atoms in total. The largest absolute Gasteiger partial charge is 0.428 e. The normalized spacial score (nSPS) is 14.9. The van der Waals surface area contributed by atoms with Gasteiger partial charge >= 0.3 is 6.18 Å². The van der Waals surface area contributed by atoms with E-state index in [4.69, 9.17) is 0 Å². The maximum Gasteiger partial charge on any atom is 0.428 e. The molecule has 2 N–H and O–H groups in total. The molecule has 0 aliphatic carbocycles. The standard InChI is InChI=1S/C17H18F3N3O/c1-2-3-9-23-10-8-21-15(23)16(24,17(18,19)20)13-11-22-14-7-5-4-6-12(13)14/h4-8,10-11,22,24H,2-3,9H2,1H3. The zero-order chi connectivity index (χ0) is 17.4. The number of aromatic nitrogens is 3. The predicted molar refractivity (Wildman–Crippen MR) is 84.5 cm³/mol. The van der Waals surface area contributed by atoms with Crippen molar-refractivity contribution in [2.75, 3.05) is 0 Å². The molecular formula is C17H18F3N3O. The van der Waals surface area contributed by atoms with Crippen molar-refractivity contribution in [3.05, 3.63) is 54.2 Å². The summed E-state index contributed by atoms with van der Waals surface area (Å²) >= 11 is 0. The van der Waals surface area contributed by atoms with E-state index in [9.17, 15) is 18.3 Å². The Morgan fingerprint density at radius 2 is 2.00 bits per heavy atom. The van der Waals surface area contributed by atoms with Crippen LogP contribution in [0.25, 0.3) is 10.9 Å². The first-order valence-electron chi connectivity index (χ1n) is 7.77. The highest BCUT2D eigenvalue weighted by atomic mass is 19.4. The number of rotatable bonds is 5. The minimum absolute atomic E-state index is 0.241. The van der Waals surface area contributed by atoms with Crippen LogP contribution in [0, 0.1) is 0 Å². The van der Waals surface area contributed by atoms with Gasteiger partial charge in [0, 0.05) is 41.6 Å². The number of nitrogens with zero attached hydrogens (tertiary/aromatic N) is 2. The van der Waals surface area contributed by atoms with E-state index in [1.54, 1.807) is 24.3 Å². The van der Waals surface area contributed by atoms with Gasteiger partial charge in [0.1, 0.15) is 0 Å². The van der Waals surface area contributed by atoms with E-state index in [0.717, 1.165) is 6.42 Å². The zero-order valence-electron chi connectivity index (χ0n) is 13.1. The Balaban J connectivity index is 2.22. The van der Waals surface area contributed by atoms with Crippen LogP contribution in [0.15, 0.2) is 42.9 Å². The lowest BCUT2D eigenvalue weighted by molar-refractivity contribution is -0.251. The van der Waals surface area contributed by atoms with Crippen molar-refractivity contribution in [1.29, 1.82) is 0 Å². The third-order valence-electron chi connectivity index (χ3n) is 4.18. The number of aryl methyl sites for hydroxylation is 1. The quantitative estimate of drug-likeness (QED) is 0.740. The van der Waals surface area contributed by atoms with Gasteiger partial charge in [-0.2, -0.15) is 13.2 Å². The number of fused-ring (bicyclic) bond motifs is 1. The maximum absolute atomic E-state index is 13.9. The number of unbranched alkanes of at least 4 members (excludes halogenated alkanes) is 1. The van der Waals surface area contributed by atoms with E-state index in [-0.39, 0.29) is 5.56 Å². The number of hydrogen-bond acceptors (Lipinski definition) is 2. The fourth-order valence-electron chi connectivity index (χ4n) is 2.91.